The first-order chi connectivity index (χ1) is 8.53. The van der Waals surface area contributed by atoms with Gasteiger partial charge in [0, 0.05) is 13.1 Å². The first-order valence-electron chi connectivity index (χ1n) is 6.55. The van der Waals surface area contributed by atoms with Crippen LogP contribution >= 0.6 is 0 Å². The van der Waals surface area contributed by atoms with E-state index in [9.17, 15) is 4.79 Å². The lowest BCUT2D eigenvalue weighted by Gasteiger charge is -2.22. The van der Waals surface area contributed by atoms with E-state index in [1.54, 1.807) is 0 Å². The predicted octanol–water partition coefficient (Wildman–Crippen LogP) is 2.33. The van der Waals surface area contributed by atoms with Crippen LogP contribution in [-0.2, 0) is 11.3 Å². The van der Waals surface area contributed by atoms with Gasteiger partial charge >= 0.3 is 0 Å². The van der Waals surface area contributed by atoms with E-state index in [-0.39, 0.29) is 11.3 Å². The minimum atomic E-state index is 0.0470. The fraction of sp³-hybridized carbons (Fsp3) is 0.533. The zero-order valence-electron chi connectivity index (χ0n) is 11.6. The van der Waals surface area contributed by atoms with Crippen molar-refractivity contribution in [2.45, 2.75) is 33.7 Å². The van der Waals surface area contributed by atoms with Gasteiger partial charge in [-0.3, -0.25) is 4.79 Å². The van der Waals surface area contributed by atoms with Crippen molar-refractivity contribution in [1.29, 1.82) is 0 Å². The second kappa shape index (κ2) is 7.17. The van der Waals surface area contributed by atoms with Gasteiger partial charge in [0.05, 0.1) is 6.54 Å². The van der Waals surface area contributed by atoms with Crippen LogP contribution in [0.4, 0.5) is 0 Å². The molecular weight excluding hydrogens is 224 g/mol. The van der Waals surface area contributed by atoms with Gasteiger partial charge in [-0.15, -0.1) is 0 Å². The number of amides is 1. The number of carbonyl (C=O) groups excluding carboxylic acids is 1. The summed E-state index contributed by atoms with van der Waals surface area (Å²) >= 11 is 0. The van der Waals surface area contributed by atoms with Crippen LogP contribution in [0.25, 0.3) is 0 Å². The average molecular weight is 248 g/mol. The average Bonchev–Trinajstić information content (AvgIpc) is 2.37. The second-order valence-corrected chi connectivity index (χ2v) is 5.38. The number of hydrogen-bond acceptors (Lipinski definition) is 2. The summed E-state index contributed by atoms with van der Waals surface area (Å²) in [6.07, 6.45) is 1.10. The summed E-state index contributed by atoms with van der Waals surface area (Å²) in [5.41, 5.74) is 1.37. The molecule has 0 radical (unpaired) electrons. The Morgan fingerprint density at radius 3 is 2.50 bits per heavy atom. The van der Waals surface area contributed by atoms with Crippen LogP contribution in [0.2, 0.25) is 0 Å². The van der Waals surface area contributed by atoms with Gasteiger partial charge in [0.15, 0.2) is 0 Å². The zero-order valence-corrected chi connectivity index (χ0v) is 11.6. The third-order valence-electron chi connectivity index (χ3n) is 3.18. The molecule has 0 aromatic heterocycles. The van der Waals surface area contributed by atoms with Crippen molar-refractivity contribution < 1.29 is 4.79 Å². The number of nitrogens with one attached hydrogen (secondary N) is 2. The molecule has 0 bridgehead atoms. The van der Waals surface area contributed by atoms with Gasteiger partial charge < -0.3 is 10.6 Å². The Kier molecular flexibility index (Phi) is 5.86. The maximum absolute atomic E-state index is 11.6. The Labute approximate surface area is 110 Å². The summed E-state index contributed by atoms with van der Waals surface area (Å²) in [7, 11) is 0. The molecule has 1 amide bonds. The summed E-state index contributed by atoms with van der Waals surface area (Å²) in [6, 6.07) is 9.94. The van der Waals surface area contributed by atoms with E-state index in [0.717, 1.165) is 18.5 Å². The molecule has 0 heterocycles. The van der Waals surface area contributed by atoms with Gasteiger partial charge in [-0.05, 0) is 17.4 Å². The van der Waals surface area contributed by atoms with E-state index in [2.05, 4.69) is 31.4 Å². The van der Waals surface area contributed by atoms with Crippen molar-refractivity contribution in [1.82, 2.24) is 10.6 Å². The number of benzene rings is 1. The van der Waals surface area contributed by atoms with Crippen LogP contribution in [0.3, 0.4) is 0 Å². The van der Waals surface area contributed by atoms with Crippen molar-refractivity contribution in [2.75, 3.05) is 13.1 Å². The zero-order chi connectivity index (χ0) is 13.4. The smallest absolute Gasteiger partial charge is 0.234 e. The first-order valence-corrected chi connectivity index (χ1v) is 6.55. The minimum absolute atomic E-state index is 0.0470. The molecular formula is C15H24N2O. The summed E-state index contributed by atoms with van der Waals surface area (Å²) in [5, 5.41) is 6.10. The van der Waals surface area contributed by atoms with Crippen molar-refractivity contribution in [2.24, 2.45) is 5.41 Å². The molecule has 0 fully saturated rings. The Morgan fingerprint density at radius 1 is 1.22 bits per heavy atom. The van der Waals surface area contributed by atoms with Crippen molar-refractivity contribution in [3.8, 4) is 0 Å². The number of rotatable bonds is 7. The van der Waals surface area contributed by atoms with E-state index in [4.69, 9.17) is 0 Å². The number of hydrogen-bond donors (Lipinski definition) is 2. The molecule has 0 aliphatic rings. The highest BCUT2D eigenvalue weighted by Gasteiger charge is 2.14. The molecule has 0 unspecified atom stereocenters. The monoisotopic (exact) mass is 248 g/mol. The molecule has 18 heavy (non-hydrogen) atoms. The fourth-order valence-electron chi connectivity index (χ4n) is 1.50. The van der Waals surface area contributed by atoms with Gasteiger partial charge in [0.25, 0.3) is 0 Å². The standard InChI is InChI=1S/C15H24N2O/c1-4-15(2,3)12-16-11-14(18)17-10-13-8-6-5-7-9-13/h5-9,16H,4,10-12H2,1-3H3,(H,17,18). The van der Waals surface area contributed by atoms with Crippen molar-refractivity contribution in [3.63, 3.8) is 0 Å². The largest absolute Gasteiger partial charge is 0.351 e. The lowest BCUT2D eigenvalue weighted by atomic mass is 9.90. The van der Waals surface area contributed by atoms with Crippen LogP contribution in [0.15, 0.2) is 30.3 Å². The van der Waals surface area contributed by atoms with E-state index >= 15 is 0 Å². The molecule has 0 spiro atoms. The molecule has 0 aliphatic heterocycles. The lowest BCUT2D eigenvalue weighted by Crippen LogP contribution is -2.37. The fourth-order valence-corrected chi connectivity index (χ4v) is 1.50. The molecule has 1 aromatic carbocycles. The SMILES string of the molecule is CCC(C)(C)CNCC(=O)NCc1ccccc1. The topological polar surface area (TPSA) is 41.1 Å². The van der Waals surface area contributed by atoms with E-state index in [1.165, 1.54) is 0 Å². The third kappa shape index (κ3) is 5.82. The molecule has 0 atom stereocenters. The van der Waals surface area contributed by atoms with E-state index in [1.807, 2.05) is 30.3 Å². The normalized spacial score (nSPS) is 11.3. The van der Waals surface area contributed by atoms with Gasteiger partial charge in [-0.1, -0.05) is 51.1 Å². The van der Waals surface area contributed by atoms with Crippen LogP contribution in [0.5, 0.6) is 0 Å². The van der Waals surface area contributed by atoms with Crippen LogP contribution in [0.1, 0.15) is 32.8 Å². The maximum Gasteiger partial charge on any atom is 0.234 e. The second-order valence-electron chi connectivity index (χ2n) is 5.38. The molecule has 0 saturated heterocycles. The summed E-state index contributed by atoms with van der Waals surface area (Å²) < 4.78 is 0. The molecule has 100 valence electrons. The summed E-state index contributed by atoms with van der Waals surface area (Å²) in [4.78, 5) is 11.6. The van der Waals surface area contributed by atoms with Gasteiger partial charge in [-0.2, -0.15) is 0 Å². The predicted molar refractivity (Wildman–Crippen MR) is 75.2 cm³/mol. The highest BCUT2D eigenvalue weighted by atomic mass is 16.1. The lowest BCUT2D eigenvalue weighted by molar-refractivity contribution is -0.120. The molecule has 3 nitrogen and oxygen atoms in total. The van der Waals surface area contributed by atoms with Crippen LogP contribution in [-0.4, -0.2) is 19.0 Å². The van der Waals surface area contributed by atoms with Crippen molar-refractivity contribution >= 4 is 5.91 Å². The highest BCUT2D eigenvalue weighted by Crippen LogP contribution is 2.17. The molecule has 3 heteroatoms. The van der Waals surface area contributed by atoms with Gasteiger partial charge in [-0.25, -0.2) is 0 Å². The van der Waals surface area contributed by atoms with E-state index in [0.29, 0.717) is 13.1 Å². The number of carbonyl (C=O) groups is 1. The Bertz CT molecular complexity index is 360. The summed E-state index contributed by atoms with van der Waals surface area (Å²) in [6.45, 7) is 8.40. The molecule has 2 N–H and O–H groups in total. The molecule has 0 aliphatic carbocycles. The first kappa shape index (κ1) is 14.7. The van der Waals surface area contributed by atoms with Gasteiger partial charge in [0.2, 0.25) is 5.91 Å². The highest BCUT2D eigenvalue weighted by molar-refractivity contribution is 5.77. The Hall–Kier alpha value is -1.35. The molecule has 0 saturated carbocycles. The van der Waals surface area contributed by atoms with Crippen LogP contribution < -0.4 is 10.6 Å². The minimum Gasteiger partial charge on any atom is -0.351 e. The molecule has 1 aromatic rings. The quantitative estimate of drug-likeness (QED) is 0.777. The Morgan fingerprint density at radius 2 is 1.89 bits per heavy atom. The molecule has 1 rings (SSSR count). The Balaban J connectivity index is 2.19. The van der Waals surface area contributed by atoms with E-state index < -0.39 is 0 Å². The van der Waals surface area contributed by atoms with Crippen molar-refractivity contribution in [3.05, 3.63) is 35.9 Å². The van der Waals surface area contributed by atoms with Gasteiger partial charge in [0.1, 0.15) is 0 Å². The van der Waals surface area contributed by atoms with Crippen LogP contribution in [0, 0.1) is 5.41 Å². The third-order valence-corrected chi connectivity index (χ3v) is 3.18. The maximum atomic E-state index is 11.6. The summed E-state index contributed by atoms with van der Waals surface area (Å²) in [5.74, 6) is 0.0470.